The number of Topliss-reactive ketones (excluding diaryl/α,β-unsaturated/α-hetero) is 1. The van der Waals surface area contributed by atoms with E-state index >= 15 is 0 Å². The number of hydrogen-bond donors (Lipinski definition) is 0. The number of carbonyl (C=O) groups excluding carboxylic acids is 2. The lowest BCUT2D eigenvalue weighted by Crippen LogP contribution is -2.45. The van der Waals surface area contributed by atoms with Crippen molar-refractivity contribution in [1.29, 1.82) is 0 Å². The molecule has 0 bridgehead atoms. The molecule has 0 N–H and O–H groups in total. The van der Waals surface area contributed by atoms with Crippen LogP contribution in [0.2, 0.25) is 0 Å². The van der Waals surface area contributed by atoms with Gasteiger partial charge < -0.3 is 4.90 Å². The smallest absolute Gasteiger partial charge is 0.228 e. The van der Waals surface area contributed by atoms with E-state index in [1.54, 1.807) is 4.90 Å². The molecule has 3 heteroatoms. The van der Waals surface area contributed by atoms with Crippen molar-refractivity contribution in [2.75, 3.05) is 13.1 Å². The van der Waals surface area contributed by atoms with Crippen LogP contribution in [0.4, 0.5) is 0 Å². The molecule has 1 aliphatic carbocycles. The van der Waals surface area contributed by atoms with Crippen LogP contribution in [0.3, 0.4) is 0 Å². The summed E-state index contributed by atoms with van der Waals surface area (Å²) < 4.78 is 0. The molecule has 0 aromatic carbocycles. The van der Waals surface area contributed by atoms with Crippen molar-refractivity contribution in [2.24, 2.45) is 11.3 Å². The highest BCUT2D eigenvalue weighted by Gasteiger charge is 2.43. The highest BCUT2D eigenvalue weighted by molar-refractivity contribution is 5.91. The lowest BCUT2D eigenvalue weighted by Gasteiger charge is -2.41. The maximum absolute atomic E-state index is 12.2. The zero-order valence-corrected chi connectivity index (χ0v) is 9.58. The monoisotopic (exact) mass is 209 g/mol. The van der Waals surface area contributed by atoms with Gasteiger partial charge in [0.15, 0.2) is 5.78 Å². The molecule has 1 saturated heterocycles. The Kier molecular flexibility index (Phi) is 2.57. The summed E-state index contributed by atoms with van der Waals surface area (Å²) in [5.74, 6) is 0.909. The van der Waals surface area contributed by atoms with Gasteiger partial charge in [0, 0.05) is 18.4 Å². The van der Waals surface area contributed by atoms with E-state index in [0.29, 0.717) is 25.4 Å². The summed E-state index contributed by atoms with van der Waals surface area (Å²) in [5.41, 5.74) is -0.261. The predicted molar refractivity (Wildman–Crippen MR) is 57.3 cm³/mol. The van der Waals surface area contributed by atoms with E-state index in [1.165, 1.54) is 19.3 Å². The predicted octanol–water partition coefficient (Wildman–Crippen LogP) is 1.61. The van der Waals surface area contributed by atoms with Crippen LogP contribution >= 0.6 is 0 Å². The molecular weight excluding hydrogens is 190 g/mol. The van der Waals surface area contributed by atoms with Crippen LogP contribution in [0.5, 0.6) is 0 Å². The Balaban J connectivity index is 2.02. The minimum atomic E-state index is -0.261. The van der Waals surface area contributed by atoms with Gasteiger partial charge in [-0.25, -0.2) is 0 Å². The molecule has 1 amide bonds. The number of amides is 1. The number of ketones is 1. The van der Waals surface area contributed by atoms with Crippen molar-refractivity contribution in [2.45, 2.75) is 39.5 Å². The molecule has 3 nitrogen and oxygen atoms in total. The minimum Gasteiger partial charge on any atom is -0.334 e. The number of carbonyl (C=O) groups is 2. The maximum Gasteiger partial charge on any atom is 0.228 e. The van der Waals surface area contributed by atoms with Crippen LogP contribution in [-0.4, -0.2) is 29.7 Å². The van der Waals surface area contributed by atoms with Gasteiger partial charge in [0.25, 0.3) is 0 Å². The molecule has 0 unspecified atom stereocenters. The number of hydrogen-bond acceptors (Lipinski definition) is 2. The van der Waals surface area contributed by atoms with E-state index < -0.39 is 0 Å². The first-order chi connectivity index (χ1) is 7.01. The SMILES string of the molecule is CC(C)(C(=O)N1CCC(=O)C1)C1CCC1. The first kappa shape index (κ1) is 10.7. The van der Waals surface area contributed by atoms with E-state index in [9.17, 15) is 9.59 Å². The molecule has 2 rings (SSSR count). The highest BCUT2D eigenvalue weighted by atomic mass is 16.2. The summed E-state index contributed by atoms with van der Waals surface area (Å²) in [5, 5.41) is 0. The first-order valence-corrected chi connectivity index (χ1v) is 5.83. The normalized spacial score (nSPS) is 23.1. The second kappa shape index (κ2) is 3.62. The standard InChI is InChI=1S/C12H19NO2/c1-12(2,9-4-3-5-9)11(15)13-7-6-10(14)8-13/h9H,3-8H2,1-2H3. The maximum atomic E-state index is 12.2. The van der Waals surface area contributed by atoms with Gasteiger partial charge in [0.1, 0.15) is 0 Å². The lowest BCUT2D eigenvalue weighted by atomic mass is 9.66. The fraction of sp³-hybridized carbons (Fsp3) is 0.833. The van der Waals surface area contributed by atoms with Gasteiger partial charge in [0.05, 0.1) is 6.54 Å². The van der Waals surface area contributed by atoms with Gasteiger partial charge in [0.2, 0.25) is 5.91 Å². The van der Waals surface area contributed by atoms with Gasteiger partial charge in [-0.05, 0) is 18.8 Å². The molecular formula is C12H19NO2. The van der Waals surface area contributed by atoms with Crippen molar-refractivity contribution in [3.63, 3.8) is 0 Å². The Morgan fingerprint density at radius 2 is 2.07 bits per heavy atom. The van der Waals surface area contributed by atoms with E-state index in [0.717, 1.165) is 0 Å². The van der Waals surface area contributed by atoms with Gasteiger partial charge >= 0.3 is 0 Å². The molecule has 0 aromatic rings. The summed E-state index contributed by atoms with van der Waals surface area (Å²) in [6, 6.07) is 0. The quantitative estimate of drug-likeness (QED) is 0.693. The topological polar surface area (TPSA) is 37.4 Å². The fourth-order valence-electron chi connectivity index (χ4n) is 2.52. The van der Waals surface area contributed by atoms with E-state index in [-0.39, 0.29) is 17.1 Å². The van der Waals surface area contributed by atoms with E-state index in [2.05, 4.69) is 0 Å². The molecule has 0 aromatic heterocycles. The van der Waals surface area contributed by atoms with Gasteiger partial charge in [-0.3, -0.25) is 9.59 Å². The molecule has 1 aliphatic heterocycles. The molecule has 0 spiro atoms. The van der Waals surface area contributed by atoms with Gasteiger partial charge in [-0.2, -0.15) is 0 Å². The average molecular weight is 209 g/mol. The summed E-state index contributed by atoms with van der Waals surface area (Å²) in [4.78, 5) is 25.1. The van der Waals surface area contributed by atoms with E-state index in [1.807, 2.05) is 13.8 Å². The second-order valence-corrected chi connectivity index (χ2v) is 5.36. The molecule has 15 heavy (non-hydrogen) atoms. The van der Waals surface area contributed by atoms with Crippen LogP contribution in [-0.2, 0) is 9.59 Å². The van der Waals surface area contributed by atoms with Crippen molar-refractivity contribution >= 4 is 11.7 Å². The van der Waals surface area contributed by atoms with Crippen LogP contribution in [0, 0.1) is 11.3 Å². The lowest BCUT2D eigenvalue weighted by molar-refractivity contribution is -0.145. The first-order valence-electron chi connectivity index (χ1n) is 5.83. The summed E-state index contributed by atoms with van der Waals surface area (Å²) in [7, 11) is 0. The molecule has 0 atom stereocenters. The van der Waals surface area contributed by atoms with Crippen molar-refractivity contribution in [3.05, 3.63) is 0 Å². The van der Waals surface area contributed by atoms with Crippen molar-refractivity contribution in [1.82, 2.24) is 4.90 Å². The largest absolute Gasteiger partial charge is 0.334 e. The summed E-state index contributed by atoms with van der Waals surface area (Å²) in [6.07, 6.45) is 4.13. The number of likely N-dealkylation sites (tertiary alicyclic amines) is 1. The third kappa shape index (κ3) is 1.80. The number of nitrogens with zero attached hydrogens (tertiary/aromatic N) is 1. The summed E-state index contributed by atoms with van der Waals surface area (Å²) >= 11 is 0. The number of rotatable bonds is 2. The Hall–Kier alpha value is -0.860. The van der Waals surface area contributed by atoms with Crippen molar-refractivity contribution < 1.29 is 9.59 Å². The van der Waals surface area contributed by atoms with Crippen LogP contribution in [0.15, 0.2) is 0 Å². The second-order valence-electron chi connectivity index (χ2n) is 5.36. The molecule has 2 aliphatic rings. The van der Waals surface area contributed by atoms with E-state index in [4.69, 9.17) is 0 Å². The summed E-state index contributed by atoms with van der Waals surface area (Å²) in [6.45, 7) is 5.03. The Bertz CT molecular complexity index is 292. The minimum absolute atomic E-state index is 0.179. The highest BCUT2D eigenvalue weighted by Crippen LogP contribution is 2.43. The van der Waals surface area contributed by atoms with Crippen LogP contribution in [0.25, 0.3) is 0 Å². The molecule has 1 heterocycles. The zero-order valence-electron chi connectivity index (χ0n) is 9.58. The van der Waals surface area contributed by atoms with Gasteiger partial charge in [-0.1, -0.05) is 20.3 Å². The molecule has 84 valence electrons. The average Bonchev–Trinajstić information content (AvgIpc) is 2.46. The third-order valence-corrected chi connectivity index (χ3v) is 3.99. The third-order valence-electron chi connectivity index (χ3n) is 3.99. The molecule has 2 fully saturated rings. The zero-order chi connectivity index (χ0) is 11.1. The molecule has 1 saturated carbocycles. The van der Waals surface area contributed by atoms with Crippen LogP contribution in [0.1, 0.15) is 39.5 Å². The Labute approximate surface area is 90.8 Å². The molecule has 0 radical (unpaired) electrons. The van der Waals surface area contributed by atoms with Crippen LogP contribution < -0.4 is 0 Å². The fourth-order valence-corrected chi connectivity index (χ4v) is 2.52. The van der Waals surface area contributed by atoms with Gasteiger partial charge in [-0.15, -0.1) is 0 Å². The van der Waals surface area contributed by atoms with Crippen molar-refractivity contribution in [3.8, 4) is 0 Å². The Morgan fingerprint density at radius 3 is 2.47 bits per heavy atom. The Morgan fingerprint density at radius 1 is 1.40 bits per heavy atom.